The standard InChI is InChI=1S/C28H29Cl2NO5/c1-4-35-11-12-36-28(33)25-16(2)31-23-13-18(17-5-8-20(34-3)9-6-17)14-24(32)27(23)26(25)21-10-7-19(29)15-22(21)30/h5-10,15,18,26,31H,4,11-14H2,1-3H3/t18-,26+/m1/s1. The number of Topliss-reactive ketones (excluding diaryl/α,β-unsaturated/α-hetero) is 1. The zero-order chi connectivity index (χ0) is 25.8. The van der Waals surface area contributed by atoms with Crippen LogP contribution in [-0.4, -0.2) is 38.7 Å². The van der Waals surface area contributed by atoms with Gasteiger partial charge >= 0.3 is 5.97 Å². The number of allylic oxidation sites excluding steroid dienone is 3. The van der Waals surface area contributed by atoms with Crippen molar-refractivity contribution in [2.75, 3.05) is 26.9 Å². The fraction of sp³-hybridized carbons (Fsp3) is 0.357. The molecule has 1 heterocycles. The molecule has 0 bridgehead atoms. The third-order valence-corrected chi connectivity index (χ3v) is 7.14. The molecule has 1 N–H and O–H groups in total. The van der Waals surface area contributed by atoms with Crippen molar-refractivity contribution >= 4 is 35.0 Å². The van der Waals surface area contributed by atoms with E-state index in [1.165, 1.54) is 0 Å². The molecule has 2 atom stereocenters. The Morgan fingerprint density at radius 2 is 1.83 bits per heavy atom. The number of methoxy groups -OCH3 is 1. The van der Waals surface area contributed by atoms with Crippen molar-refractivity contribution in [3.63, 3.8) is 0 Å². The Hall–Kier alpha value is -2.80. The summed E-state index contributed by atoms with van der Waals surface area (Å²) in [5.74, 6) is -0.432. The highest BCUT2D eigenvalue weighted by Gasteiger charge is 2.42. The average molecular weight is 530 g/mol. The highest BCUT2D eigenvalue weighted by molar-refractivity contribution is 6.35. The Balaban J connectivity index is 1.72. The number of ketones is 1. The Bertz CT molecular complexity index is 1220. The van der Waals surface area contributed by atoms with E-state index >= 15 is 0 Å². The normalized spacial score (nSPS) is 19.6. The lowest BCUT2D eigenvalue weighted by molar-refractivity contribution is -0.140. The first kappa shape index (κ1) is 26.3. The highest BCUT2D eigenvalue weighted by Crippen LogP contribution is 2.47. The second-order valence-electron chi connectivity index (χ2n) is 8.79. The minimum Gasteiger partial charge on any atom is -0.497 e. The van der Waals surface area contributed by atoms with Crippen molar-refractivity contribution in [2.24, 2.45) is 0 Å². The van der Waals surface area contributed by atoms with Crippen LogP contribution in [0.15, 0.2) is 65.0 Å². The number of carbonyl (C=O) groups excluding carboxylic acids is 2. The lowest BCUT2D eigenvalue weighted by atomic mass is 9.71. The van der Waals surface area contributed by atoms with Gasteiger partial charge in [0.15, 0.2) is 5.78 Å². The number of ether oxygens (including phenoxy) is 3. The fourth-order valence-electron chi connectivity index (χ4n) is 4.88. The van der Waals surface area contributed by atoms with Gasteiger partial charge in [-0.15, -0.1) is 0 Å². The van der Waals surface area contributed by atoms with Crippen molar-refractivity contribution in [1.29, 1.82) is 0 Å². The molecule has 2 aromatic rings. The fourth-order valence-corrected chi connectivity index (χ4v) is 5.40. The molecule has 0 aromatic heterocycles. The summed E-state index contributed by atoms with van der Waals surface area (Å²) in [6.07, 6.45) is 0.944. The van der Waals surface area contributed by atoms with Gasteiger partial charge in [0.2, 0.25) is 0 Å². The van der Waals surface area contributed by atoms with Crippen LogP contribution in [0.3, 0.4) is 0 Å². The first-order valence-electron chi connectivity index (χ1n) is 11.9. The van der Waals surface area contributed by atoms with Gasteiger partial charge in [-0.1, -0.05) is 41.4 Å². The van der Waals surface area contributed by atoms with Crippen LogP contribution in [0.5, 0.6) is 5.75 Å². The average Bonchev–Trinajstić information content (AvgIpc) is 2.85. The van der Waals surface area contributed by atoms with Gasteiger partial charge in [-0.3, -0.25) is 4.79 Å². The van der Waals surface area contributed by atoms with Crippen molar-refractivity contribution in [2.45, 2.75) is 38.5 Å². The second kappa shape index (κ2) is 11.5. The number of hydrogen-bond acceptors (Lipinski definition) is 6. The zero-order valence-corrected chi connectivity index (χ0v) is 22.0. The molecule has 2 aromatic carbocycles. The molecule has 0 unspecified atom stereocenters. The molecule has 8 heteroatoms. The Morgan fingerprint density at radius 3 is 2.50 bits per heavy atom. The maximum Gasteiger partial charge on any atom is 0.336 e. The van der Waals surface area contributed by atoms with Crippen LogP contribution in [0, 0.1) is 0 Å². The molecule has 0 amide bonds. The Morgan fingerprint density at radius 1 is 1.08 bits per heavy atom. The smallest absolute Gasteiger partial charge is 0.336 e. The molecular weight excluding hydrogens is 501 g/mol. The van der Waals surface area contributed by atoms with Gasteiger partial charge in [0.1, 0.15) is 12.4 Å². The Kier molecular flexibility index (Phi) is 8.39. The van der Waals surface area contributed by atoms with Gasteiger partial charge in [0.25, 0.3) is 0 Å². The van der Waals surface area contributed by atoms with Crippen LogP contribution >= 0.6 is 23.2 Å². The zero-order valence-electron chi connectivity index (χ0n) is 20.5. The Labute approximate surface area is 221 Å². The van der Waals surface area contributed by atoms with E-state index in [1.807, 2.05) is 38.1 Å². The number of nitrogens with one attached hydrogen (secondary N) is 1. The summed E-state index contributed by atoms with van der Waals surface area (Å²) in [7, 11) is 1.62. The summed E-state index contributed by atoms with van der Waals surface area (Å²) in [5, 5.41) is 4.21. The van der Waals surface area contributed by atoms with Crippen LogP contribution in [0.4, 0.5) is 0 Å². The third-order valence-electron chi connectivity index (χ3n) is 6.57. The van der Waals surface area contributed by atoms with Crippen LogP contribution in [0.1, 0.15) is 49.7 Å². The van der Waals surface area contributed by atoms with Crippen LogP contribution < -0.4 is 10.1 Å². The summed E-state index contributed by atoms with van der Waals surface area (Å²) in [5.41, 5.74) is 4.04. The maximum atomic E-state index is 13.7. The number of dihydropyridines is 1. The van der Waals surface area contributed by atoms with E-state index in [-0.39, 0.29) is 18.3 Å². The molecule has 0 saturated heterocycles. The summed E-state index contributed by atoms with van der Waals surface area (Å²) in [6, 6.07) is 12.9. The topological polar surface area (TPSA) is 73.9 Å². The molecule has 0 radical (unpaired) electrons. The highest BCUT2D eigenvalue weighted by atomic mass is 35.5. The van der Waals surface area contributed by atoms with Gasteiger partial charge < -0.3 is 19.5 Å². The largest absolute Gasteiger partial charge is 0.497 e. The molecule has 36 heavy (non-hydrogen) atoms. The van der Waals surface area contributed by atoms with Crippen LogP contribution in [0.2, 0.25) is 10.0 Å². The summed E-state index contributed by atoms with van der Waals surface area (Å²) >= 11 is 12.8. The second-order valence-corrected chi connectivity index (χ2v) is 9.63. The van der Waals surface area contributed by atoms with Gasteiger partial charge in [-0.25, -0.2) is 4.79 Å². The lowest BCUT2D eigenvalue weighted by Gasteiger charge is -2.37. The van der Waals surface area contributed by atoms with E-state index in [1.54, 1.807) is 25.3 Å². The molecule has 190 valence electrons. The lowest BCUT2D eigenvalue weighted by Crippen LogP contribution is -2.36. The first-order chi connectivity index (χ1) is 17.3. The van der Waals surface area contributed by atoms with Crippen LogP contribution in [-0.2, 0) is 19.1 Å². The van der Waals surface area contributed by atoms with Gasteiger partial charge in [0.05, 0.1) is 19.3 Å². The van der Waals surface area contributed by atoms with Crippen LogP contribution in [0.25, 0.3) is 0 Å². The van der Waals surface area contributed by atoms with E-state index in [2.05, 4.69) is 5.32 Å². The van der Waals surface area contributed by atoms with Gasteiger partial charge in [0, 0.05) is 46.0 Å². The van der Waals surface area contributed by atoms with Crippen molar-refractivity contribution in [1.82, 2.24) is 5.32 Å². The molecule has 1 aliphatic carbocycles. The minimum absolute atomic E-state index is 0.00323. The number of benzene rings is 2. The van der Waals surface area contributed by atoms with Crippen molar-refractivity contribution in [3.05, 3.63) is 86.2 Å². The SMILES string of the molecule is CCOCCOC(=O)C1=C(C)NC2=C(C(=O)C[C@H](c3ccc(OC)cc3)C2)[C@H]1c1ccc(Cl)cc1Cl. The van der Waals surface area contributed by atoms with Crippen molar-refractivity contribution in [3.8, 4) is 5.75 Å². The molecule has 1 aliphatic heterocycles. The molecule has 6 nitrogen and oxygen atoms in total. The van der Waals surface area contributed by atoms with E-state index < -0.39 is 11.9 Å². The molecule has 0 spiro atoms. The monoisotopic (exact) mass is 529 g/mol. The number of hydrogen-bond donors (Lipinski definition) is 1. The van der Waals surface area contributed by atoms with E-state index in [0.29, 0.717) is 58.5 Å². The first-order valence-corrected chi connectivity index (χ1v) is 12.7. The third kappa shape index (κ3) is 5.46. The molecule has 0 fully saturated rings. The van der Waals surface area contributed by atoms with E-state index in [4.69, 9.17) is 37.4 Å². The predicted molar refractivity (Wildman–Crippen MR) is 139 cm³/mol. The molecular formula is C28H29Cl2NO5. The summed E-state index contributed by atoms with van der Waals surface area (Å²) in [6.45, 7) is 4.64. The predicted octanol–water partition coefficient (Wildman–Crippen LogP) is 5.94. The molecule has 0 saturated carbocycles. The summed E-state index contributed by atoms with van der Waals surface area (Å²) in [4.78, 5) is 27.0. The number of halogens is 2. The van der Waals surface area contributed by atoms with E-state index in [9.17, 15) is 9.59 Å². The van der Waals surface area contributed by atoms with E-state index in [0.717, 1.165) is 17.0 Å². The molecule has 4 rings (SSSR count). The quantitative estimate of drug-likeness (QED) is 0.336. The minimum atomic E-state index is -0.657. The van der Waals surface area contributed by atoms with Gasteiger partial charge in [-0.2, -0.15) is 0 Å². The number of carbonyl (C=O) groups is 2. The summed E-state index contributed by atoms with van der Waals surface area (Å²) < 4.78 is 16.1. The van der Waals surface area contributed by atoms with Gasteiger partial charge in [-0.05, 0) is 61.6 Å². The maximum absolute atomic E-state index is 13.7. The van der Waals surface area contributed by atoms with Crippen molar-refractivity contribution < 1.29 is 23.8 Å². The number of esters is 1. The number of rotatable bonds is 8. The molecule has 2 aliphatic rings.